The fourth-order valence-electron chi connectivity index (χ4n) is 2.05. The molecule has 0 radical (unpaired) electrons. The summed E-state index contributed by atoms with van der Waals surface area (Å²) in [6, 6.07) is 0.199. The number of carbonyl (C=O) groups is 1. The van der Waals surface area contributed by atoms with Crippen LogP contribution in [0.4, 0.5) is 0 Å². The van der Waals surface area contributed by atoms with Crippen LogP contribution in [-0.2, 0) is 4.79 Å². The Morgan fingerprint density at radius 3 is 2.61 bits per heavy atom. The summed E-state index contributed by atoms with van der Waals surface area (Å²) in [4.78, 5) is 18.8. The second-order valence-corrected chi connectivity index (χ2v) is 5.62. The standard InChI is InChI=1S/C13H25N3OS/c1-5-14-13-15-10(4)12(18-13)11(17)8-9-16(6-2)7-3/h10,12H,5-9H2,1-4H3,(H,14,15). The first-order valence-corrected chi connectivity index (χ1v) is 7.73. The van der Waals surface area contributed by atoms with Crippen LogP contribution >= 0.6 is 11.8 Å². The van der Waals surface area contributed by atoms with Gasteiger partial charge in [0.05, 0.1) is 5.25 Å². The molecule has 1 rings (SSSR count). The van der Waals surface area contributed by atoms with Gasteiger partial charge < -0.3 is 10.2 Å². The minimum absolute atomic E-state index is 0.0332. The Morgan fingerprint density at radius 2 is 2.06 bits per heavy atom. The number of carbonyl (C=O) groups excluding carboxylic acids is 1. The van der Waals surface area contributed by atoms with Gasteiger partial charge in [0.1, 0.15) is 5.78 Å². The quantitative estimate of drug-likeness (QED) is 0.766. The molecule has 0 bridgehead atoms. The average Bonchev–Trinajstić information content (AvgIpc) is 2.72. The highest BCUT2D eigenvalue weighted by Gasteiger charge is 2.33. The Kier molecular flexibility index (Phi) is 6.71. The molecule has 5 heteroatoms. The lowest BCUT2D eigenvalue weighted by Crippen LogP contribution is -2.35. The number of thioether (sulfide) groups is 1. The van der Waals surface area contributed by atoms with Gasteiger partial charge in [-0.3, -0.25) is 9.79 Å². The maximum absolute atomic E-state index is 12.2. The topological polar surface area (TPSA) is 44.7 Å². The van der Waals surface area contributed by atoms with E-state index in [4.69, 9.17) is 0 Å². The van der Waals surface area contributed by atoms with E-state index in [-0.39, 0.29) is 11.3 Å². The summed E-state index contributed by atoms with van der Waals surface area (Å²) in [6.45, 7) is 12.0. The van der Waals surface area contributed by atoms with Crippen LogP contribution in [-0.4, -0.2) is 53.3 Å². The molecule has 0 aromatic rings. The zero-order valence-electron chi connectivity index (χ0n) is 11.9. The second-order valence-electron chi connectivity index (χ2n) is 4.49. The molecule has 104 valence electrons. The molecule has 4 nitrogen and oxygen atoms in total. The summed E-state index contributed by atoms with van der Waals surface area (Å²) < 4.78 is 0. The van der Waals surface area contributed by atoms with Crippen molar-refractivity contribution in [1.29, 1.82) is 0 Å². The lowest BCUT2D eigenvalue weighted by atomic mass is 10.1. The molecule has 0 amide bonds. The lowest BCUT2D eigenvalue weighted by molar-refractivity contribution is -0.119. The number of hydrogen-bond donors (Lipinski definition) is 1. The lowest BCUT2D eigenvalue weighted by Gasteiger charge is -2.19. The van der Waals surface area contributed by atoms with Gasteiger partial charge in [0.2, 0.25) is 0 Å². The summed E-state index contributed by atoms with van der Waals surface area (Å²) in [5.41, 5.74) is 0. The predicted molar refractivity (Wildman–Crippen MR) is 79.4 cm³/mol. The minimum Gasteiger partial charge on any atom is -0.361 e. The third-order valence-electron chi connectivity index (χ3n) is 3.23. The number of Topliss-reactive ketones (excluding diaryl/α,β-unsaturated/α-hetero) is 1. The van der Waals surface area contributed by atoms with Crippen molar-refractivity contribution < 1.29 is 4.79 Å². The largest absolute Gasteiger partial charge is 0.361 e. The summed E-state index contributed by atoms with van der Waals surface area (Å²) in [6.07, 6.45) is 0.644. The molecule has 2 unspecified atom stereocenters. The van der Waals surface area contributed by atoms with Gasteiger partial charge in [0, 0.05) is 25.6 Å². The number of hydrogen-bond acceptors (Lipinski definition) is 4. The molecule has 1 N–H and O–H groups in total. The number of nitrogens with one attached hydrogen (secondary N) is 1. The Hall–Kier alpha value is -0.550. The van der Waals surface area contributed by atoms with Crippen LogP contribution in [0.1, 0.15) is 34.1 Å². The van der Waals surface area contributed by atoms with E-state index in [9.17, 15) is 4.79 Å². The van der Waals surface area contributed by atoms with E-state index in [0.717, 1.165) is 31.3 Å². The fraction of sp³-hybridized carbons (Fsp3) is 0.846. The molecule has 1 heterocycles. The van der Waals surface area contributed by atoms with Crippen LogP contribution in [0.15, 0.2) is 4.99 Å². The number of amidine groups is 1. The van der Waals surface area contributed by atoms with Crippen LogP contribution in [0.3, 0.4) is 0 Å². The zero-order valence-corrected chi connectivity index (χ0v) is 12.7. The van der Waals surface area contributed by atoms with Gasteiger partial charge in [-0.15, -0.1) is 0 Å². The third-order valence-corrected chi connectivity index (χ3v) is 4.63. The highest BCUT2D eigenvalue weighted by Crippen LogP contribution is 2.25. The zero-order chi connectivity index (χ0) is 13.5. The van der Waals surface area contributed by atoms with Crippen molar-refractivity contribution in [3.63, 3.8) is 0 Å². The SMILES string of the molecule is CCN=C1NC(C)C(C(=O)CCN(CC)CC)S1. The van der Waals surface area contributed by atoms with Crippen molar-refractivity contribution in [1.82, 2.24) is 10.2 Å². The van der Waals surface area contributed by atoms with Gasteiger partial charge >= 0.3 is 0 Å². The molecule has 18 heavy (non-hydrogen) atoms. The van der Waals surface area contributed by atoms with E-state index in [1.807, 2.05) is 6.92 Å². The molecule has 0 saturated carbocycles. The molecule has 1 aliphatic rings. The van der Waals surface area contributed by atoms with Gasteiger partial charge in [-0.1, -0.05) is 25.6 Å². The predicted octanol–water partition coefficient (Wildman–Crippen LogP) is 1.76. The van der Waals surface area contributed by atoms with Crippen LogP contribution in [0.25, 0.3) is 0 Å². The number of rotatable bonds is 7. The maximum atomic E-state index is 12.2. The Bertz CT molecular complexity index is 303. The van der Waals surface area contributed by atoms with Gasteiger partial charge in [0.15, 0.2) is 5.17 Å². The molecule has 1 fully saturated rings. The van der Waals surface area contributed by atoms with Crippen molar-refractivity contribution >= 4 is 22.7 Å². The molecular weight excluding hydrogens is 246 g/mol. The molecule has 0 aliphatic carbocycles. The summed E-state index contributed by atoms with van der Waals surface area (Å²) in [7, 11) is 0. The van der Waals surface area contributed by atoms with Crippen molar-refractivity contribution in [2.45, 2.75) is 45.4 Å². The summed E-state index contributed by atoms with van der Waals surface area (Å²) in [5, 5.41) is 4.24. The van der Waals surface area contributed by atoms with Gasteiger partial charge in [0.25, 0.3) is 0 Å². The highest BCUT2D eigenvalue weighted by atomic mass is 32.2. The number of nitrogens with zero attached hydrogens (tertiary/aromatic N) is 2. The van der Waals surface area contributed by atoms with Crippen molar-refractivity contribution in [2.75, 3.05) is 26.2 Å². The maximum Gasteiger partial charge on any atom is 0.157 e. The monoisotopic (exact) mass is 271 g/mol. The first-order valence-electron chi connectivity index (χ1n) is 6.85. The Labute approximate surface area is 115 Å². The van der Waals surface area contributed by atoms with E-state index in [1.54, 1.807) is 11.8 Å². The van der Waals surface area contributed by atoms with E-state index in [1.165, 1.54) is 0 Å². The molecule has 1 aliphatic heterocycles. The van der Waals surface area contributed by atoms with Crippen LogP contribution in [0, 0.1) is 0 Å². The average molecular weight is 271 g/mol. The van der Waals surface area contributed by atoms with E-state index in [2.05, 4.69) is 36.0 Å². The molecule has 0 spiro atoms. The highest BCUT2D eigenvalue weighted by molar-refractivity contribution is 8.15. The first-order chi connectivity index (χ1) is 8.62. The van der Waals surface area contributed by atoms with Crippen molar-refractivity contribution in [3.8, 4) is 0 Å². The number of aliphatic imine (C=N–C) groups is 1. The Morgan fingerprint density at radius 1 is 1.39 bits per heavy atom. The molecular formula is C13H25N3OS. The van der Waals surface area contributed by atoms with Crippen LogP contribution in [0.5, 0.6) is 0 Å². The first kappa shape index (κ1) is 15.5. The molecule has 1 saturated heterocycles. The summed E-state index contributed by atoms with van der Waals surface area (Å²) in [5.74, 6) is 0.341. The van der Waals surface area contributed by atoms with Crippen LogP contribution in [0.2, 0.25) is 0 Å². The van der Waals surface area contributed by atoms with Crippen molar-refractivity contribution in [3.05, 3.63) is 0 Å². The summed E-state index contributed by atoms with van der Waals surface area (Å²) >= 11 is 1.59. The van der Waals surface area contributed by atoms with Gasteiger partial charge in [-0.2, -0.15) is 0 Å². The van der Waals surface area contributed by atoms with Gasteiger partial charge in [-0.25, -0.2) is 0 Å². The molecule has 0 aromatic heterocycles. The van der Waals surface area contributed by atoms with E-state index in [0.29, 0.717) is 12.2 Å². The van der Waals surface area contributed by atoms with Crippen LogP contribution < -0.4 is 5.32 Å². The third kappa shape index (κ3) is 4.28. The number of ketones is 1. The van der Waals surface area contributed by atoms with E-state index < -0.39 is 0 Å². The molecule has 2 atom stereocenters. The Balaban J connectivity index is 2.45. The smallest absolute Gasteiger partial charge is 0.157 e. The fourth-order valence-corrected chi connectivity index (χ4v) is 3.27. The van der Waals surface area contributed by atoms with Crippen molar-refractivity contribution in [2.24, 2.45) is 4.99 Å². The van der Waals surface area contributed by atoms with Gasteiger partial charge in [-0.05, 0) is 26.9 Å². The minimum atomic E-state index is 0.0332. The second kappa shape index (κ2) is 7.79. The molecule has 0 aromatic carbocycles. The van der Waals surface area contributed by atoms with E-state index >= 15 is 0 Å². The normalized spacial score (nSPS) is 25.7.